The number of aliphatic carboxylic acids is 3. The molecule has 0 radical (unpaired) electrons. The maximum atomic E-state index is 10.6. The van der Waals surface area contributed by atoms with Crippen molar-refractivity contribution >= 4 is 29.2 Å². The molecule has 1 aliphatic rings. The normalized spacial score (nSPS) is 13.0. The highest BCUT2D eigenvalue weighted by atomic mass is 32.1. The van der Waals surface area contributed by atoms with E-state index < -0.39 is 36.4 Å². The number of carbonyl (C=O) groups is 3. The van der Waals surface area contributed by atoms with Crippen molar-refractivity contribution in [3.8, 4) is 0 Å². The lowest BCUT2D eigenvalue weighted by Gasteiger charge is -2.29. The van der Waals surface area contributed by atoms with Gasteiger partial charge in [-0.3, -0.25) is 14.9 Å². The van der Waals surface area contributed by atoms with Gasteiger partial charge in [0.2, 0.25) is 0 Å². The fourth-order valence-electron chi connectivity index (χ4n) is 3.17. The molecule has 0 saturated carbocycles. The summed E-state index contributed by atoms with van der Waals surface area (Å²) in [6.45, 7) is 4.10. The zero-order chi connectivity index (χ0) is 35.1. The van der Waals surface area contributed by atoms with Crippen LogP contribution in [0.15, 0.2) is 48.5 Å². The summed E-state index contributed by atoms with van der Waals surface area (Å²) >= 11 is 1.72. The zero-order valence-corrected chi connectivity index (χ0v) is 23.8. The molecule has 4 heterocycles. The van der Waals surface area contributed by atoms with Gasteiger partial charge in [-0.15, -0.1) is 11.3 Å². The standard InChI is InChI=1S/C19H20N4OS.3C2HF3O2/c1-4-20-5-2-15(1)13-24-14-17-10-21-9-16-11-23(7-3-18(16)17)12-19-22-6-8-25-19;3*3-2(4,5)1(6)7/h1-2,4-6,8-10H,3,7,11-14H2;3*(H,6,7). The molecule has 0 spiro atoms. The number of nitrogens with zero attached hydrogens (tertiary/aromatic N) is 4. The Kier molecular flexibility index (Phi) is 15.5. The Morgan fingerprint density at radius 3 is 1.78 bits per heavy atom. The van der Waals surface area contributed by atoms with Gasteiger partial charge in [0, 0.05) is 49.5 Å². The highest BCUT2D eigenvalue weighted by Gasteiger charge is 2.39. The zero-order valence-electron chi connectivity index (χ0n) is 22.9. The van der Waals surface area contributed by atoms with Gasteiger partial charge in [-0.25, -0.2) is 19.4 Å². The Balaban J connectivity index is 0.000000413. The molecule has 0 aromatic carbocycles. The third kappa shape index (κ3) is 15.6. The highest BCUT2D eigenvalue weighted by molar-refractivity contribution is 7.09. The van der Waals surface area contributed by atoms with E-state index in [-0.39, 0.29) is 0 Å². The first kappa shape index (κ1) is 39.7. The summed E-state index contributed by atoms with van der Waals surface area (Å²) in [4.78, 5) is 42.0. The second kappa shape index (κ2) is 17.9. The molecule has 4 rings (SSSR count). The van der Waals surface area contributed by atoms with E-state index in [9.17, 15) is 39.5 Å². The molecule has 254 valence electrons. The molecule has 0 amide bonds. The molecule has 0 fully saturated rings. The van der Waals surface area contributed by atoms with Crippen LogP contribution in [0.3, 0.4) is 0 Å². The van der Waals surface area contributed by atoms with Crippen LogP contribution in [0, 0.1) is 0 Å². The summed E-state index contributed by atoms with van der Waals surface area (Å²) in [5.41, 5.74) is 5.07. The number of aromatic nitrogens is 3. The quantitative estimate of drug-likeness (QED) is 0.294. The highest BCUT2D eigenvalue weighted by Crippen LogP contribution is 2.24. The van der Waals surface area contributed by atoms with E-state index in [1.165, 1.54) is 21.7 Å². The fourth-order valence-corrected chi connectivity index (χ4v) is 3.82. The number of fused-ring (bicyclic) bond motifs is 1. The number of alkyl halides is 9. The van der Waals surface area contributed by atoms with E-state index in [1.807, 2.05) is 36.1 Å². The van der Waals surface area contributed by atoms with E-state index in [0.717, 1.165) is 31.6 Å². The average Bonchev–Trinajstić information content (AvgIpc) is 3.46. The van der Waals surface area contributed by atoms with Crippen LogP contribution in [0.4, 0.5) is 39.5 Å². The molecule has 3 N–H and O–H groups in total. The second-order valence-electron chi connectivity index (χ2n) is 8.58. The topological polar surface area (TPSA) is 163 Å². The number of ether oxygens (including phenoxy) is 1. The fraction of sp³-hybridized carbons (Fsp3) is 0.360. The number of hydrogen-bond donors (Lipinski definition) is 3. The summed E-state index contributed by atoms with van der Waals surface area (Å²) in [5, 5.41) is 24.6. The van der Waals surface area contributed by atoms with Crippen molar-refractivity contribution in [2.75, 3.05) is 6.54 Å². The monoisotopic (exact) mass is 694 g/mol. The number of rotatable bonds is 6. The van der Waals surface area contributed by atoms with E-state index in [1.54, 1.807) is 23.7 Å². The van der Waals surface area contributed by atoms with E-state index in [0.29, 0.717) is 13.2 Å². The molecule has 0 bridgehead atoms. The maximum Gasteiger partial charge on any atom is 0.490 e. The lowest BCUT2D eigenvalue weighted by Crippen LogP contribution is -2.30. The Hall–Kier alpha value is -4.37. The van der Waals surface area contributed by atoms with Gasteiger partial charge in [0.25, 0.3) is 0 Å². The molecule has 21 heteroatoms. The van der Waals surface area contributed by atoms with Gasteiger partial charge in [-0.05, 0) is 40.8 Å². The van der Waals surface area contributed by atoms with Crippen LogP contribution >= 0.6 is 11.3 Å². The predicted octanol–water partition coefficient (Wildman–Crippen LogP) is 5.11. The minimum absolute atomic E-state index is 0.600. The van der Waals surface area contributed by atoms with E-state index in [4.69, 9.17) is 34.4 Å². The van der Waals surface area contributed by atoms with Crippen molar-refractivity contribution in [3.63, 3.8) is 0 Å². The summed E-state index contributed by atoms with van der Waals surface area (Å²) in [7, 11) is 0. The molecule has 3 aromatic rings. The van der Waals surface area contributed by atoms with Crippen molar-refractivity contribution < 1.29 is 74.0 Å². The van der Waals surface area contributed by atoms with Crippen LogP contribution in [0.2, 0.25) is 0 Å². The summed E-state index contributed by atoms with van der Waals surface area (Å²) < 4.78 is 101. The number of pyridine rings is 2. The molecular weight excluding hydrogens is 671 g/mol. The van der Waals surface area contributed by atoms with Gasteiger partial charge in [-0.1, -0.05) is 0 Å². The molecule has 0 saturated heterocycles. The number of thiazole rings is 1. The largest absolute Gasteiger partial charge is 0.490 e. The lowest BCUT2D eigenvalue weighted by atomic mass is 9.97. The molecule has 1 aliphatic heterocycles. The Morgan fingerprint density at radius 1 is 0.804 bits per heavy atom. The molecule has 46 heavy (non-hydrogen) atoms. The lowest BCUT2D eigenvalue weighted by molar-refractivity contribution is -0.193. The molecule has 0 atom stereocenters. The smallest absolute Gasteiger partial charge is 0.475 e. The average molecular weight is 695 g/mol. The summed E-state index contributed by atoms with van der Waals surface area (Å²) in [6, 6.07) is 3.96. The van der Waals surface area contributed by atoms with Crippen LogP contribution in [0.5, 0.6) is 0 Å². The van der Waals surface area contributed by atoms with Crippen molar-refractivity contribution in [2.45, 2.75) is 51.3 Å². The van der Waals surface area contributed by atoms with Gasteiger partial charge in [0.15, 0.2) is 0 Å². The van der Waals surface area contributed by atoms with E-state index in [2.05, 4.69) is 19.9 Å². The number of carboxylic acid groups (broad SMARTS) is 3. The molecule has 11 nitrogen and oxygen atoms in total. The Bertz CT molecular complexity index is 1330. The van der Waals surface area contributed by atoms with Gasteiger partial charge in [-0.2, -0.15) is 39.5 Å². The predicted molar refractivity (Wildman–Crippen MR) is 138 cm³/mol. The van der Waals surface area contributed by atoms with Gasteiger partial charge >= 0.3 is 36.4 Å². The van der Waals surface area contributed by atoms with Gasteiger partial charge < -0.3 is 20.1 Å². The van der Waals surface area contributed by atoms with Crippen molar-refractivity contribution in [3.05, 3.63) is 75.8 Å². The molecule has 3 aromatic heterocycles. The molecule has 0 aliphatic carbocycles. The third-order valence-corrected chi connectivity index (χ3v) is 5.92. The third-order valence-electron chi connectivity index (χ3n) is 5.15. The molecular formula is C25H23F9N4O7S. The van der Waals surface area contributed by atoms with Crippen LogP contribution in [0.1, 0.15) is 27.3 Å². The Morgan fingerprint density at radius 2 is 1.33 bits per heavy atom. The second-order valence-corrected chi connectivity index (χ2v) is 9.56. The maximum absolute atomic E-state index is 10.6. The van der Waals surface area contributed by atoms with Gasteiger partial charge in [0.1, 0.15) is 5.01 Å². The number of halogens is 9. The number of carboxylic acids is 3. The first-order valence-electron chi connectivity index (χ1n) is 12.1. The van der Waals surface area contributed by atoms with Gasteiger partial charge in [0.05, 0.1) is 19.8 Å². The van der Waals surface area contributed by atoms with Crippen LogP contribution in [-0.4, -0.2) is 78.2 Å². The minimum Gasteiger partial charge on any atom is -0.475 e. The summed E-state index contributed by atoms with van der Waals surface area (Å²) in [6.07, 6.45) is -4.81. The first-order chi connectivity index (χ1) is 21.2. The van der Waals surface area contributed by atoms with Crippen LogP contribution in [-0.2, 0) is 51.8 Å². The number of hydrogen-bond acceptors (Lipinski definition) is 9. The van der Waals surface area contributed by atoms with Crippen molar-refractivity contribution in [1.29, 1.82) is 0 Å². The minimum atomic E-state index is -5.08. The Labute approximate surface area is 256 Å². The molecule has 0 unspecified atom stereocenters. The van der Waals surface area contributed by atoms with Crippen LogP contribution < -0.4 is 0 Å². The summed E-state index contributed by atoms with van der Waals surface area (Å²) in [5.74, 6) is -8.27. The first-order valence-corrected chi connectivity index (χ1v) is 13.0. The van der Waals surface area contributed by atoms with E-state index >= 15 is 0 Å². The van der Waals surface area contributed by atoms with Crippen molar-refractivity contribution in [2.24, 2.45) is 0 Å². The van der Waals surface area contributed by atoms with Crippen molar-refractivity contribution in [1.82, 2.24) is 19.9 Å². The van der Waals surface area contributed by atoms with Crippen LogP contribution in [0.25, 0.3) is 0 Å². The SMILES string of the molecule is O=C(O)C(F)(F)F.O=C(O)C(F)(F)F.O=C(O)C(F)(F)F.c1cc(COCc2cncc3c2CCN(Cc2nccs2)C3)ccn1.